The lowest BCUT2D eigenvalue weighted by atomic mass is 10.1. The molecule has 1 N–H and O–H groups in total. The summed E-state index contributed by atoms with van der Waals surface area (Å²) in [6, 6.07) is 4.67. The molecule has 0 saturated carbocycles. The molecule has 0 fully saturated rings. The van der Waals surface area contributed by atoms with Crippen LogP contribution in [0, 0.1) is 5.92 Å². The SMILES string of the molecule is CC[C@H](NCCc1cccs1)/C(=C/CCC(C)C)O[Si](C)(C)C(C)(C)C. The van der Waals surface area contributed by atoms with Gasteiger partial charge in [-0.1, -0.05) is 47.6 Å². The van der Waals surface area contributed by atoms with Crippen LogP contribution in [0.15, 0.2) is 29.3 Å². The molecule has 1 atom stereocenters. The molecule has 0 aliphatic heterocycles. The van der Waals surface area contributed by atoms with Crippen molar-refractivity contribution in [3.05, 3.63) is 34.2 Å². The maximum absolute atomic E-state index is 6.77. The van der Waals surface area contributed by atoms with E-state index >= 15 is 0 Å². The van der Waals surface area contributed by atoms with Gasteiger partial charge in [0.05, 0.1) is 11.8 Å². The predicted molar refractivity (Wildman–Crippen MR) is 121 cm³/mol. The fraction of sp³-hybridized carbons (Fsp3) is 0.727. The van der Waals surface area contributed by atoms with Gasteiger partial charge in [-0.3, -0.25) is 0 Å². The summed E-state index contributed by atoms with van der Waals surface area (Å²) in [4.78, 5) is 1.45. The molecule has 0 aromatic carbocycles. The molecule has 150 valence electrons. The number of hydrogen-bond acceptors (Lipinski definition) is 3. The van der Waals surface area contributed by atoms with Gasteiger partial charge in [0.2, 0.25) is 8.32 Å². The van der Waals surface area contributed by atoms with Crippen molar-refractivity contribution in [2.45, 2.75) is 91.4 Å². The minimum atomic E-state index is -1.82. The molecule has 0 aliphatic rings. The van der Waals surface area contributed by atoms with E-state index in [1.165, 1.54) is 17.1 Å². The summed E-state index contributed by atoms with van der Waals surface area (Å²) >= 11 is 1.84. The topological polar surface area (TPSA) is 21.3 Å². The zero-order valence-electron chi connectivity index (χ0n) is 18.3. The van der Waals surface area contributed by atoms with Crippen molar-refractivity contribution in [1.82, 2.24) is 5.32 Å². The average Bonchev–Trinajstić information content (AvgIpc) is 3.02. The molecule has 2 nitrogen and oxygen atoms in total. The summed E-state index contributed by atoms with van der Waals surface area (Å²) in [5.41, 5.74) is 0. The Balaban J connectivity index is 2.81. The van der Waals surface area contributed by atoms with Gasteiger partial charge >= 0.3 is 0 Å². The Kier molecular flexibility index (Phi) is 9.63. The lowest BCUT2D eigenvalue weighted by molar-refractivity contribution is 0.322. The third-order valence-corrected chi connectivity index (χ3v) is 10.7. The standard InChI is InChI=1S/C22H41NOSSi/c1-9-20(23-16-15-19-13-11-17-25-19)21(14-10-12-18(2)3)24-26(7,8)22(4,5)6/h11,13-14,17-18,20,23H,9-10,12,15-16H2,1-8H3/b21-14-/t20-/m0/s1. The van der Waals surface area contributed by atoms with Gasteiger partial charge in [-0.05, 0) is 67.3 Å². The van der Waals surface area contributed by atoms with Crippen LogP contribution >= 0.6 is 11.3 Å². The van der Waals surface area contributed by atoms with Crippen LogP contribution in [0.4, 0.5) is 0 Å². The lowest BCUT2D eigenvalue weighted by Gasteiger charge is -2.39. The Bertz CT molecular complexity index is 529. The highest BCUT2D eigenvalue weighted by molar-refractivity contribution is 7.09. The Labute approximate surface area is 167 Å². The lowest BCUT2D eigenvalue weighted by Crippen LogP contribution is -2.44. The molecule has 0 unspecified atom stereocenters. The van der Waals surface area contributed by atoms with E-state index in [1.807, 2.05) is 11.3 Å². The number of allylic oxidation sites excluding steroid dienone is 1. The average molecular weight is 396 g/mol. The smallest absolute Gasteiger partial charge is 0.250 e. The molecule has 0 radical (unpaired) electrons. The molecule has 1 aromatic heterocycles. The first-order chi connectivity index (χ1) is 12.1. The molecule has 26 heavy (non-hydrogen) atoms. The summed E-state index contributed by atoms with van der Waals surface area (Å²) in [7, 11) is -1.82. The fourth-order valence-corrected chi connectivity index (χ4v) is 4.36. The van der Waals surface area contributed by atoms with Gasteiger partial charge in [0, 0.05) is 11.4 Å². The summed E-state index contributed by atoms with van der Waals surface area (Å²) in [6.07, 6.45) is 6.84. The number of rotatable bonds is 11. The van der Waals surface area contributed by atoms with Crippen LogP contribution in [0.25, 0.3) is 0 Å². The molecular weight excluding hydrogens is 354 g/mol. The Morgan fingerprint density at radius 3 is 2.50 bits per heavy atom. The van der Waals surface area contributed by atoms with Crippen LogP contribution < -0.4 is 5.32 Å². The van der Waals surface area contributed by atoms with Crippen LogP contribution in [-0.4, -0.2) is 20.9 Å². The first-order valence-corrected chi connectivity index (χ1v) is 14.0. The molecule has 1 rings (SSSR count). The van der Waals surface area contributed by atoms with E-state index in [-0.39, 0.29) is 5.04 Å². The second kappa shape index (κ2) is 10.7. The summed E-state index contributed by atoms with van der Waals surface area (Å²) in [6.45, 7) is 19.5. The van der Waals surface area contributed by atoms with Crippen molar-refractivity contribution >= 4 is 19.7 Å². The van der Waals surface area contributed by atoms with E-state index in [9.17, 15) is 0 Å². The van der Waals surface area contributed by atoms with Crippen molar-refractivity contribution in [3.8, 4) is 0 Å². The zero-order chi connectivity index (χ0) is 19.8. The van der Waals surface area contributed by atoms with Gasteiger partial charge < -0.3 is 9.74 Å². The highest BCUT2D eigenvalue weighted by Gasteiger charge is 2.40. The minimum Gasteiger partial charge on any atom is -0.545 e. The quantitative estimate of drug-likeness (QED) is 0.321. The second-order valence-electron chi connectivity index (χ2n) is 9.18. The normalized spacial score (nSPS) is 14.7. The van der Waals surface area contributed by atoms with E-state index < -0.39 is 8.32 Å². The van der Waals surface area contributed by atoms with Crippen molar-refractivity contribution in [2.75, 3.05) is 6.54 Å². The Morgan fingerprint density at radius 2 is 2.00 bits per heavy atom. The molecule has 0 bridgehead atoms. The third-order valence-electron chi connectivity index (χ3n) is 5.36. The van der Waals surface area contributed by atoms with Crippen LogP contribution in [0.5, 0.6) is 0 Å². The highest BCUT2D eigenvalue weighted by atomic mass is 32.1. The van der Waals surface area contributed by atoms with Gasteiger partial charge in [0.1, 0.15) is 0 Å². The molecule has 4 heteroatoms. The van der Waals surface area contributed by atoms with E-state index in [4.69, 9.17) is 4.43 Å². The maximum atomic E-state index is 6.77. The summed E-state index contributed by atoms with van der Waals surface area (Å²) in [5, 5.41) is 6.13. The summed E-state index contributed by atoms with van der Waals surface area (Å²) < 4.78 is 6.77. The molecule has 0 saturated heterocycles. The molecule has 1 aromatic rings. The third kappa shape index (κ3) is 7.97. The van der Waals surface area contributed by atoms with Crippen LogP contribution in [0.3, 0.4) is 0 Å². The first-order valence-electron chi connectivity index (χ1n) is 10.2. The molecule has 0 aliphatic carbocycles. The Hall–Kier alpha value is -0.583. The zero-order valence-corrected chi connectivity index (χ0v) is 20.1. The van der Waals surface area contributed by atoms with Gasteiger partial charge in [0.15, 0.2) is 0 Å². The van der Waals surface area contributed by atoms with E-state index in [0.717, 1.165) is 31.7 Å². The van der Waals surface area contributed by atoms with E-state index in [0.29, 0.717) is 6.04 Å². The van der Waals surface area contributed by atoms with Crippen molar-refractivity contribution in [1.29, 1.82) is 0 Å². The molecular formula is C22H41NOSSi. The van der Waals surface area contributed by atoms with Crippen molar-refractivity contribution < 1.29 is 4.43 Å². The van der Waals surface area contributed by atoms with Gasteiger partial charge in [0.25, 0.3) is 0 Å². The van der Waals surface area contributed by atoms with Crippen molar-refractivity contribution in [2.24, 2.45) is 5.92 Å². The van der Waals surface area contributed by atoms with E-state index in [1.54, 1.807) is 0 Å². The number of nitrogens with one attached hydrogen (secondary N) is 1. The van der Waals surface area contributed by atoms with Crippen LogP contribution in [0.1, 0.15) is 65.7 Å². The minimum absolute atomic E-state index is 0.222. The molecule has 1 heterocycles. The van der Waals surface area contributed by atoms with Gasteiger partial charge in [-0.25, -0.2) is 0 Å². The second-order valence-corrected chi connectivity index (χ2v) is 14.9. The number of thiophene rings is 1. The summed E-state index contributed by atoms with van der Waals surface area (Å²) in [5.74, 6) is 1.91. The van der Waals surface area contributed by atoms with E-state index in [2.05, 4.69) is 83.5 Å². The monoisotopic (exact) mass is 395 g/mol. The maximum Gasteiger partial charge on any atom is 0.250 e. The van der Waals surface area contributed by atoms with Crippen LogP contribution in [0.2, 0.25) is 18.1 Å². The van der Waals surface area contributed by atoms with Gasteiger partial charge in [-0.15, -0.1) is 11.3 Å². The molecule has 0 spiro atoms. The van der Waals surface area contributed by atoms with Gasteiger partial charge in [-0.2, -0.15) is 0 Å². The Morgan fingerprint density at radius 1 is 1.31 bits per heavy atom. The largest absolute Gasteiger partial charge is 0.545 e. The molecule has 0 amide bonds. The highest BCUT2D eigenvalue weighted by Crippen LogP contribution is 2.38. The first kappa shape index (κ1) is 23.5. The fourth-order valence-electron chi connectivity index (χ4n) is 2.53. The van der Waals surface area contributed by atoms with Crippen LogP contribution in [-0.2, 0) is 10.8 Å². The van der Waals surface area contributed by atoms with Crippen molar-refractivity contribution in [3.63, 3.8) is 0 Å². The predicted octanol–water partition coefficient (Wildman–Crippen LogP) is 7.00. The number of hydrogen-bond donors (Lipinski definition) is 1.